The molecule has 0 saturated heterocycles. The van der Waals surface area contributed by atoms with Crippen LogP contribution in [0.5, 0.6) is 5.75 Å². The maximum absolute atomic E-state index is 13.1. The van der Waals surface area contributed by atoms with Crippen molar-refractivity contribution >= 4 is 35.3 Å². The first-order valence-corrected chi connectivity index (χ1v) is 11.9. The van der Waals surface area contributed by atoms with Crippen LogP contribution in [0.4, 0.5) is 24.5 Å². The molecule has 1 unspecified atom stereocenters. The summed E-state index contributed by atoms with van der Waals surface area (Å²) in [6.07, 6.45) is 0.0553. The molecule has 0 saturated carbocycles. The first-order valence-electron chi connectivity index (χ1n) is 11.9. The highest BCUT2D eigenvalue weighted by Gasteiger charge is 2.30. The quantitative estimate of drug-likeness (QED) is 0.235. The molecule has 1 amide bonds. The number of fused-ring (bicyclic) bond motifs is 1. The predicted octanol–water partition coefficient (Wildman–Crippen LogP) is 6.48. The average molecular weight is 545 g/mol. The number of hydrogen-bond donors (Lipinski definition) is 3. The molecule has 1 aliphatic rings. The molecule has 0 fully saturated rings. The van der Waals surface area contributed by atoms with Crippen molar-refractivity contribution in [2.24, 2.45) is 0 Å². The van der Waals surface area contributed by atoms with Crippen molar-refractivity contribution < 1.29 is 27.8 Å². The Kier molecular flexibility index (Phi) is 9.61. The van der Waals surface area contributed by atoms with Crippen LogP contribution in [-0.4, -0.2) is 30.3 Å². The number of halogens is 4. The van der Waals surface area contributed by atoms with E-state index < -0.39 is 17.8 Å². The van der Waals surface area contributed by atoms with E-state index >= 15 is 0 Å². The molecule has 9 heteroatoms. The molecule has 4 rings (SSSR count). The summed E-state index contributed by atoms with van der Waals surface area (Å²) in [4.78, 5) is 12.7. The summed E-state index contributed by atoms with van der Waals surface area (Å²) in [6.45, 7) is 2.84. The smallest absolute Gasteiger partial charge is 0.416 e. The minimum Gasteiger partial charge on any atom is -0.494 e. The van der Waals surface area contributed by atoms with Gasteiger partial charge in [-0.05, 0) is 60.0 Å². The second-order valence-electron chi connectivity index (χ2n) is 8.53. The topological polar surface area (TPSA) is 70.6 Å². The van der Waals surface area contributed by atoms with Gasteiger partial charge in [0.05, 0.1) is 18.3 Å². The number of carbonyl (C=O) groups excluding carboxylic acids is 1. The third-order valence-corrected chi connectivity index (χ3v) is 5.91. The zero-order chi connectivity index (χ0) is 26.4. The van der Waals surface area contributed by atoms with E-state index in [1.54, 1.807) is 30.4 Å². The molecular weight excluding hydrogens is 517 g/mol. The number of benzene rings is 3. The van der Waals surface area contributed by atoms with Crippen molar-refractivity contribution in [2.75, 3.05) is 23.8 Å². The highest BCUT2D eigenvalue weighted by atomic mass is 35.5. The fourth-order valence-corrected chi connectivity index (χ4v) is 4.13. The Bertz CT molecular complexity index is 1300. The molecular formula is C29H28ClF3N2O3. The van der Waals surface area contributed by atoms with Crippen molar-refractivity contribution in [2.45, 2.75) is 25.6 Å². The van der Waals surface area contributed by atoms with Gasteiger partial charge in [-0.2, -0.15) is 13.2 Å². The largest absolute Gasteiger partial charge is 0.494 e. The number of allylic oxidation sites excluding steroid dienone is 2. The van der Waals surface area contributed by atoms with Crippen molar-refractivity contribution in [1.29, 1.82) is 0 Å². The van der Waals surface area contributed by atoms with E-state index in [0.717, 1.165) is 28.9 Å². The molecule has 3 N–H and O–H groups in total. The molecule has 1 aliphatic heterocycles. The zero-order valence-electron chi connectivity index (χ0n) is 20.6. The number of carbonyl (C=O) groups is 1. The Labute approximate surface area is 225 Å². The normalized spacial score (nSPS) is 15.3. The van der Waals surface area contributed by atoms with E-state index in [4.69, 9.17) is 4.74 Å². The summed E-state index contributed by atoms with van der Waals surface area (Å²) < 4.78 is 44.7. The summed E-state index contributed by atoms with van der Waals surface area (Å²) in [7, 11) is 0. The van der Waals surface area contributed by atoms with Gasteiger partial charge in [0.2, 0.25) is 5.91 Å². The van der Waals surface area contributed by atoms with Crippen LogP contribution in [0.1, 0.15) is 29.2 Å². The van der Waals surface area contributed by atoms with E-state index in [1.807, 2.05) is 31.2 Å². The number of alkyl halides is 3. The highest BCUT2D eigenvalue weighted by molar-refractivity contribution is 6.00. The summed E-state index contributed by atoms with van der Waals surface area (Å²) in [5.74, 6) is 0.307. The van der Waals surface area contributed by atoms with Gasteiger partial charge in [-0.15, -0.1) is 12.4 Å². The molecule has 0 radical (unpaired) electrons. The lowest BCUT2D eigenvalue weighted by Crippen LogP contribution is -2.28. The van der Waals surface area contributed by atoms with E-state index in [-0.39, 0.29) is 18.3 Å². The number of rotatable bonds is 7. The van der Waals surface area contributed by atoms with Crippen molar-refractivity contribution in [3.63, 3.8) is 0 Å². The molecule has 0 aliphatic carbocycles. The van der Waals surface area contributed by atoms with Crippen LogP contribution in [-0.2, 0) is 17.4 Å². The van der Waals surface area contributed by atoms with Crippen molar-refractivity contribution in [1.82, 2.24) is 0 Å². The van der Waals surface area contributed by atoms with Crippen LogP contribution < -0.4 is 15.4 Å². The van der Waals surface area contributed by atoms with Gasteiger partial charge in [0.15, 0.2) is 0 Å². The summed E-state index contributed by atoms with van der Waals surface area (Å²) in [5, 5.41) is 16.0. The Balaban J connectivity index is 0.00000400. The number of anilines is 2. The van der Waals surface area contributed by atoms with E-state index in [9.17, 15) is 23.1 Å². The number of hydrogen-bond acceptors (Lipinski definition) is 4. The maximum atomic E-state index is 13.1. The number of amides is 1. The number of β-amino-alcohol motifs (C(OH)–C–C–N with tert-alkyl or cyclic N) is 1. The van der Waals surface area contributed by atoms with E-state index in [0.29, 0.717) is 42.1 Å². The molecule has 0 spiro atoms. The van der Waals surface area contributed by atoms with E-state index in [1.165, 1.54) is 18.2 Å². The lowest BCUT2D eigenvalue weighted by Gasteiger charge is -2.24. The van der Waals surface area contributed by atoms with Gasteiger partial charge in [-0.3, -0.25) is 4.79 Å². The first kappa shape index (κ1) is 28.8. The molecule has 200 valence electrons. The minimum absolute atomic E-state index is 0. The molecule has 1 atom stereocenters. The minimum atomic E-state index is -4.43. The van der Waals surface area contributed by atoms with Gasteiger partial charge in [-0.25, -0.2) is 0 Å². The Hall–Kier alpha value is -3.75. The Morgan fingerprint density at radius 2 is 1.74 bits per heavy atom. The number of ether oxygens (including phenoxy) is 1. The summed E-state index contributed by atoms with van der Waals surface area (Å²) >= 11 is 0. The van der Waals surface area contributed by atoms with Crippen LogP contribution >= 0.6 is 12.4 Å². The second-order valence-corrected chi connectivity index (χ2v) is 8.53. The first-order chi connectivity index (χ1) is 17.7. The fraction of sp³-hybridized carbons (Fsp3) is 0.207. The van der Waals surface area contributed by atoms with Crippen LogP contribution in [0, 0.1) is 0 Å². The van der Waals surface area contributed by atoms with Gasteiger partial charge >= 0.3 is 6.18 Å². The van der Waals surface area contributed by atoms with Crippen LogP contribution in [0.2, 0.25) is 0 Å². The molecule has 3 aromatic rings. The van der Waals surface area contributed by atoms with Gasteiger partial charge in [0.25, 0.3) is 0 Å². The summed E-state index contributed by atoms with van der Waals surface area (Å²) in [6, 6.07) is 17.6. The third kappa shape index (κ3) is 7.18. The van der Waals surface area contributed by atoms with Crippen molar-refractivity contribution in [3.8, 4) is 5.75 Å². The fourth-order valence-electron chi connectivity index (χ4n) is 4.13. The number of aliphatic hydroxyl groups is 1. The number of aliphatic hydroxyl groups excluding tert-OH is 1. The van der Waals surface area contributed by atoms with Crippen LogP contribution in [0.25, 0.3) is 5.57 Å². The molecule has 0 bridgehead atoms. The van der Waals surface area contributed by atoms with Gasteiger partial charge in [0.1, 0.15) is 5.75 Å². The lowest BCUT2D eigenvalue weighted by atomic mass is 9.96. The lowest BCUT2D eigenvalue weighted by molar-refractivity contribution is -0.137. The molecule has 38 heavy (non-hydrogen) atoms. The zero-order valence-corrected chi connectivity index (χ0v) is 21.4. The maximum Gasteiger partial charge on any atom is 0.416 e. The standard InChI is InChI=1S/C29H27F3N2O3.ClH/c1-2-37-23-15-11-20(12-16-23)24(19-9-13-21(14-10-19)29(30,31)32)5-3-8-28(36)34-27-7-4-6-26-25(27)17-22(35)18-33-26;/h3-16,22,33,35H,2,17-18H2,1H3,(H,34,36);1H/b8-3+,24-5-;. The highest BCUT2D eigenvalue weighted by Crippen LogP contribution is 2.32. The van der Waals surface area contributed by atoms with Crippen molar-refractivity contribution in [3.05, 3.63) is 107 Å². The van der Waals surface area contributed by atoms with Gasteiger partial charge < -0.3 is 20.5 Å². The van der Waals surface area contributed by atoms with E-state index in [2.05, 4.69) is 10.6 Å². The summed E-state index contributed by atoms with van der Waals surface area (Å²) in [5.41, 5.74) is 3.54. The molecule has 0 aromatic heterocycles. The molecule has 5 nitrogen and oxygen atoms in total. The van der Waals surface area contributed by atoms with Crippen LogP contribution in [0.15, 0.2) is 85.0 Å². The van der Waals surface area contributed by atoms with Crippen LogP contribution in [0.3, 0.4) is 0 Å². The molecule has 3 aromatic carbocycles. The van der Waals surface area contributed by atoms with Gasteiger partial charge in [0, 0.05) is 36.0 Å². The molecule has 1 heterocycles. The van der Waals surface area contributed by atoms with Gasteiger partial charge in [-0.1, -0.05) is 42.5 Å². The second kappa shape index (κ2) is 12.7. The average Bonchev–Trinajstić information content (AvgIpc) is 2.87. The number of nitrogens with one attached hydrogen (secondary N) is 2. The monoisotopic (exact) mass is 544 g/mol. The Morgan fingerprint density at radius 3 is 2.37 bits per heavy atom. The third-order valence-electron chi connectivity index (χ3n) is 5.91. The predicted molar refractivity (Wildman–Crippen MR) is 146 cm³/mol. The SMILES string of the molecule is CCOc1ccc(/C(=C\C=C\C(=O)Nc2cccc3c2CC(O)CN3)c2ccc(C(F)(F)F)cc2)cc1.Cl. The Morgan fingerprint density at radius 1 is 1.08 bits per heavy atom.